The first-order chi connectivity index (χ1) is 14.5. The summed E-state index contributed by atoms with van der Waals surface area (Å²) in [6, 6.07) is 5.92. The topological polar surface area (TPSA) is 101 Å². The zero-order valence-electron chi connectivity index (χ0n) is 17.9. The molecule has 10 heteroatoms. The highest BCUT2D eigenvalue weighted by atomic mass is 32.2. The Morgan fingerprint density at radius 1 is 1.27 bits per heavy atom. The Labute approximate surface area is 178 Å². The second-order valence-electron chi connectivity index (χ2n) is 7.48. The van der Waals surface area contributed by atoms with Crippen molar-refractivity contribution >= 4 is 15.8 Å². The third-order valence-electron chi connectivity index (χ3n) is 5.54. The molecule has 2 unspecified atom stereocenters. The number of ether oxygens (including phenoxy) is 3. The SMILES string of the molecule is CN=C(NCC(c1ccc(OC)c(OC)c1)N1CCOCC1)NC1CCS(=O)(=O)C1. The highest BCUT2D eigenvalue weighted by Crippen LogP contribution is 2.32. The van der Waals surface area contributed by atoms with E-state index < -0.39 is 9.84 Å². The largest absolute Gasteiger partial charge is 0.493 e. The number of morpholine rings is 1. The second-order valence-corrected chi connectivity index (χ2v) is 9.70. The van der Waals surface area contributed by atoms with Gasteiger partial charge in [-0.1, -0.05) is 6.07 Å². The molecular formula is C20H32N4O5S. The molecule has 0 bridgehead atoms. The van der Waals surface area contributed by atoms with Crippen molar-refractivity contribution in [2.45, 2.75) is 18.5 Å². The summed E-state index contributed by atoms with van der Waals surface area (Å²) in [5.74, 6) is 2.36. The second kappa shape index (κ2) is 10.3. The number of nitrogens with one attached hydrogen (secondary N) is 2. The number of aliphatic imine (C=N–C) groups is 1. The molecule has 0 aliphatic carbocycles. The Kier molecular flexibility index (Phi) is 7.79. The van der Waals surface area contributed by atoms with Crippen LogP contribution in [0.4, 0.5) is 0 Å². The first kappa shape index (κ1) is 22.6. The van der Waals surface area contributed by atoms with Crippen molar-refractivity contribution in [2.75, 3.05) is 65.6 Å². The molecule has 0 aromatic heterocycles. The van der Waals surface area contributed by atoms with Gasteiger partial charge in [0.2, 0.25) is 0 Å². The van der Waals surface area contributed by atoms with Gasteiger partial charge < -0.3 is 24.8 Å². The number of guanidine groups is 1. The first-order valence-corrected chi connectivity index (χ1v) is 12.0. The van der Waals surface area contributed by atoms with E-state index in [4.69, 9.17) is 14.2 Å². The van der Waals surface area contributed by atoms with E-state index in [2.05, 4.69) is 20.5 Å². The van der Waals surface area contributed by atoms with E-state index in [1.54, 1.807) is 21.3 Å². The summed E-state index contributed by atoms with van der Waals surface area (Å²) in [7, 11) is 2.00. The molecule has 30 heavy (non-hydrogen) atoms. The van der Waals surface area contributed by atoms with Crippen molar-refractivity contribution in [1.82, 2.24) is 15.5 Å². The number of hydrogen-bond donors (Lipinski definition) is 2. The first-order valence-electron chi connectivity index (χ1n) is 10.2. The lowest BCUT2D eigenvalue weighted by Gasteiger charge is -2.35. The molecule has 0 spiro atoms. The van der Waals surface area contributed by atoms with E-state index in [-0.39, 0.29) is 23.6 Å². The van der Waals surface area contributed by atoms with Gasteiger partial charge in [0, 0.05) is 32.7 Å². The minimum Gasteiger partial charge on any atom is -0.493 e. The molecule has 168 valence electrons. The fraction of sp³-hybridized carbons (Fsp3) is 0.650. The Morgan fingerprint density at radius 3 is 2.60 bits per heavy atom. The molecule has 9 nitrogen and oxygen atoms in total. The summed E-state index contributed by atoms with van der Waals surface area (Å²) in [6.07, 6.45) is 0.603. The van der Waals surface area contributed by atoms with Crippen LogP contribution in [0, 0.1) is 0 Å². The van der Waals surface area contributed by atoms with Crippen LogP contribution in [-0.2, 0) is 14.6 Å². The molecule has 2 atom stereocenters. The van der Waals surface area contributed by atoms with Crippen LogP contribution in [0.2, 0.25) is 0 Å². The van der Waals surface area contributed by atoms with E-state index in [9.17, 15) is 8.42 Å². The predicted octanol–water partition coefficient (Wildman–Crippen LogP) is 0.429. The summed E-state index contributed by atoms with van der Waals surface area (Å²) in [5, 5.41) is 6.62. The molecular weight excluding hydrogens is 408 g/mol. The van der Waals surface area contributed by atoms with Crippen LogP contribution in [0.15, 0.2) is 23.2 Å². The summed E-state index contributed by atoms with van der Waals surface area (Å²) in [5.41, 5.74) is 1.10. The van der Waals surface area contributed by atoms with E-state index in [1.165, 1.54) is 0 Å². The Bertz CT molecular complexity index is 840. The normalized spacial score (nSPS) is 23.0. The van der Waals surface area contributed by atoms with Crippen molar-refractivity contribution in [2.24, 2.45) is 4.99 Å². The maximum absolute atomic E-state index is 11.7. The summed E-state index contributed by atoms with van der Waals surface area (Å²) >= 11 is 0. The minimum absolute atomic E-state index is 0.0690. The molecule has 0 saturated carbocycles. The van der Waals surface area contributed by atoms with E-state index >= 15 is 0 Å². The Hall–Kier alpha value is -2.04. The number of hydrogen-bond acceptors (Lipinski definition) is 7. The van der Waals surface area contributed by atoms with Gasteiger partial charge in [-0.15, -0.1) is 0 Å². The number of nitrogens with zero attached hydrogens (tertiary/aromatic N) is 2. The van der Waals surface area contributed by atoms with Crippen LogP contribution in [0.25, 0.3) is 0 Å². The molecule has 2 aliphatic heterocycles. The fourth-order valence-corrected chi connectivity index (χ4v) is 5.57. The lowest BCUT2D eigenvalue weighted by molar-refractivity contribution is 0.0169. The van der Waals surface area contributed by atoms with E-state index in [0.29, 0.717) is 43.6 Å². The molecule has 1 aromatic rings. The third-order valence-corrected chi connectivity index (χ3v) is 7.31. The number of sulfone groups is 1. The average molecular weight is 441 g/mol. The molecule has 0 radical (unpaired) electrons. The quantitative estimate of drug-likeness (QED) is 0.465. The monoisotopic (exact) mass is 440 g/mol. The van der Waals surface area contributed by atoms with Gasteiger partial charge in [-0.05, 0) is 24.1 Å². The molecule has 2 saturated heterocycles. The van der Waals surface area contributed by atoms with Crippen LogP contribution >= 0.6 is 0 Å². The van der Waals surface area contributed by atoms with Gasteiger partial charge in [0.25, 0.3) is 0 Å². The number of methoxy groups -OCH3 is 2. The van der Waals surface area contributed by atoms with Crippen molar-refractivity contribution in [3.8, 4) is 11.5 Å². The van der Waals surface area contributed by atoms with Crippen molar-refractivity contribution < 1.29 is 22.6 Å². The van der Waals surface area contributed by atoms with Gasteiger partial charge in [-0.3, -0.25) is 9.89 Å². The van der Waals surface area contributed by atoms with Crippen LogP contribution in [0.5, 0.6) is 11.5 Å². The molecule has 1 aromatic carbocycles. The maximum atomic E-state index is 11.7. The van der Waals surface area contributed by atoms with Crippen LogP contribution < -0.4 is 20.1 Å². The van der Waals surface area contributed by atoms with Crippen LogP contribution in [0.1, 0.15) is 18.0 Å². The summed E-state index contributed by atoms with van der Waals surface area (Å²) < 4.78 is 39.9. The van der Waals surface area contributed by atoms with Crippen LogP contribution in [-0.4, -0.2) is 90.9 Å². The maximum Gasteiger partial charge on any atom is 0.191 e. The lowest BCUT2D eigenvalue weighted by Crippen LogP contribution is -2.48. The molecule has 0 amide bonds. The van der Waals surface area contributed by atoms with Gasteiger partial charge in [-0.2, -0.15) is 0 Å². The number of benzene rings is 1. The van der Waals surface area contributed by atoms with Gasteiger partial charge in [0.15, 0.2) is 27.3 Å². The molecule has 2 fully saturated rings. The lowest BCUT2D eigenvalue weighted by atomic mass is 10.0. The highest BCUT2D eigenvalue weighted by Gasteiger charge is 2.29. The summed E-state index contributed by atoms with van der Waals surface area (Å²) in [6.45, 7) is 3.64. The number of rotatable bonds is 7. The van der Waals surface area contributed by atoms with Crippen molar-refractivity contribution in [3.05, 3.63) is 23.8 Å². The Morgan fingerprint density at radius 2 is 2.00 bits per heavy atom. The fourth-order valence-electron chi connectivity index (χ4n) is 3.90. The molecule has 2 aliphatic rings. The smallest absolute Gasteiger partial charge is 0.191 e. The standard InChI is InChI=1S/C20H32N4O5S/c1-21-20(23-16-6-11-30(25,26)14-16)22-13-17(24-7-9-29-10-8-24)15-4-5-18(27-2)19(12-15)28-3/h4-5,12,16-17H,6-11,13-14H2,1-3H3,(H2,21,22,23). The molecule has 2 N–H and O–H groups in total. The minimum atomic E-state index is -2.95. The van der Waals surface area contributed by atoms with Gasteiger partial charge >= 0.3 is 0 Å². The van der Waals surface area contributed by atoms with Crippen LogP contribution in [0.3, 0.4) is 0 Å². The van der Waals surface area contributed by atoms with Crippen molar-refractivity contribution in [3.63, 3.8) is 0 Å². The summed E-state index contributed by atoms with van der Waals surface area (Å²) in [4.78, 5) is 6.65. The zero-order chi connectivity index (χ0) is 21.6. The van der Waals surface area contributed by atoms with E-state index in [1.807, 2.05) is 18.2 Å². The van der Waals surface area contributed by atoms with Gasteiger partial charge in [0.05, 0.1) is 45.0 Å². The zero-order valence-corrected chi connectivity index (χ0v) is 18.7. The third kappa shape index (κ3) is 5.77. The van der Waals surface area contributed by atoms with Gasteiger partial charge in [0.1, 0.15) is 0 Å². The Balaban J connectivity index is 1.72. The molecule has 3 rings (SSSR count). The predicted molar refractivity (Wildman–Crippen MR) is 116 cm³/mol. The van der Waals surface area contributed by atoms with Gasteiger partial charge in [-0.25, -0.2) is 8.42 Å². The highest BCUT2D eigenvalue weighted by molar-refractivity contribution is 7.91. The molecule has 2 heterocycles. The average Bonchev–Trinajstić information content (AvgIpc) is 3.11. The van der Waals surface area contributed by atoms with E-state index in [0.717, 1.165) is 18.7 Å². The van der Waals surface area contributed by atoms with Crippen molar-refractivity contribution in [1.29, 1.82) is 0 Å².